The zero-order valence-corrected chi connectivity index (χ0v) is 7.76. The van der Waals surface area contributed by atoms with Gasteiger partial charge in [0.2, 0.25) is 0 Å². The molecule has 14 heavy (non-hydrogen) atoms. The maximum Gasteiger partial charge on any atom is 0.255 e. The van der Waals surface area contributed by atoms with Crippen molar-refractivity contribution in [3.8, 4) is 5.75 Å². The van der Waals surface area contributed by atoms with Gasteiger partial charge >= 0.3 is 0 Å². The van der Waals surface area contributed by atoms with Gasteiger partial charge in [-0.25, -0.2) is 8.78 Å². The summed E-state index contributed by atoms with van der Waals surface area (Å²) in [6.45, 7) is -0.419. The Labute approximate surface area is 80.9 Å². The second kappa shape index (κ2) is 4.64. The summed E-state index contributed by atoms with van der Waals surface area (Å²) in [6.07, 6.45) is -2.40. The molecule has 0 aliphatic carbocycles. The second-order valence-electron chi connectivity index (χ2n) is 2.73. The molecular weight excluding hydrogens is 190 g/mol. The Kier molecular flexibility index (Phi) is 3.50. The van der Waals surface area contributed by atoms with Crippen LogP contribution in [-0.2, 0) is 0 Å². The van der Waals surface area contributed by atoms with E-state index < -0.39 is 13.0 Å². The molecule has 0 spiro atoms. The Hall–Kier alpha value is -1.52. The van der Waals surface area contributed by atoms with Crippen molar-refractivity contribution in [2.45, 2.75) is 6.43 Å². The Bertz CT molecular complexity index is 305. The quantitative estimate of drug-likeness (QED) is 0.733. The van der Waals surface area contributed by atoms with Crippen LogP contribution in [0.15, 0.2) is 18.2 Å². The average molecular weight is 202 g/mol. The average Bonchev–Trinajstić information content (AvgIpc) is 2.16. The van der Waals surface area contributed by atoms with Crippen LogP contribution in [0, 0.1) is 0 Å². The van der Waals surface area contributed by atoms with E-state index >= 15 is 0 Å². The number of nitrogens with one attached hydrogen (secondary N) is 1. The second-order valence-corrected chi connectivity index (χ2v) is 2.73. The summed E-state index contributed by atoms with van der Waals surface area (Å²) < 4.78 is 28.7. The largest absolute Gasteiger partial charge is 0.497 e. The normalized spacial score (nSPS) is 10.3. The maximum atomic E-state index is 11.9. The molecule has 3 nitrogen and oxygen atoms in total. The van der Waals surface area contributed by atoms with Crippen molar-refractivity contribution in [2.75, 3.05) is 24.7 Å². The molecule has 0 atom stereocenters. The highest BCUT2D eigenvalue weighted by molar-refractivity contribution is 5.68. The van der Waals surface area contributed by atoms with E-state index in [0.29, 0.717) is 17.1 Å². The molecule has 0 saturated carbocycles. The number of benzene rings is 1. The molecule has 78 valence electrons. The predicted octanol–water partition coefficient (Wildman–Crippen LogP) is 1.95. The standard InChI is InChI=1S/C9H12F2N2O/c1-14-6-2-3-7(12)8(4-6)13-5-9(10)11/h2-4,9,13H,5,12H2,1H3. The van der Waals surface area contributed by atoms with Crippen LogP contribution in [0.1, 0.15) is 0 Å². The number of anilines is 2. The molecule has 5 heteroatoms. The van der Waals surface area contributed by atoms with Crippen molar-refractivity contribution in [3.63, 3.8) is 0 Å². The Balaban J connectivity index is 2.73. The molecule has 0 fully saturated rings. The lowest BCUT2D eigenvalue weighted by molar-refractivity contribution is 0.163. The number of hydrogen-bond acceptors (Lipinski definition) is 3. The number of alkyl halides is 2. The molecule has 0 saturated heterocycles. The van der Waals surface area contributed by atoms with Gasteiger partial charge in [-0.2, -0.15) is 0 Å². The summed E-state index contributed by atoms with van der Waals surface area (Å²) in [5.74, 6) is 0.580. The van der Waals surface area contributed by atoms with E-state index in [1.807, 2.05) is 0 Å². The van der Waals surface area contributed by atoms with Gasteiger partial charge in [-0.15, -0.1) is 0 Å². The van der Waals surface area contributed by atoms with E-state index in [2.05, 4.69) is 5.32 Å². The van der Waals surface area contributed by atoms with E-state index in [1.165, 1.54) is 7.11 Å². The fraction of sp³-hybridized carbons (Fsp3) is 0.333. The third-order valence-electron chi connectivity index (χ3n) is 1.71. The number of ether oxygens (including phenoxy) is 1. The van der Waals surface area contributed by atoms with Gasteiger partial charge in [0.25, 0.3) is 6.43 Å². The van der Waals surface area contributed by atoms with Gasteiger partial charge in [-0.05, 0) is 12.1 Å². The molecule has 0 aromatic heterocycles. The smallest absolute Gasteiger partial charge is 0.255 e. The third-order valence-corrected chi connectivity index (χ3v) is 1.71. The highest BCUT2D eigenvalue weighted by Crippen LogP contribution is 2.24. The maximum absolute atomic E-state index is 11.9. The zero-order chi connectivity index (χ0) is 10.6. The van der Waals surface area contributed by atoms with Crippen molar-refractivity contribution < 1.29 is 13.5 Å². The van der Waals surface area contributed by atoms with Crippen LogP contribution in [-0.4, -0.2) is 20.1 Å². The summed E-state index contributed by atoms with van der Waals surface area (Å²) in [5.41, 5.74) is 6.45. The van der Waals surface area contributed by atoms with Gasteiger partial charge in [0.15, 0.2) is 0 Å². The lowest BCUT2D eigenvalue weighted by Gasteiger charge is -2.10. The monoisotopic (exact) mass is 202 g/mol. The minimum absolute atomic E-state index is 0.419. The van der Waals surface area contributed by atoms with E-state index in [-0.39, 0.29) is 0 Å². The molecule has 0 heterocycles. The molecule has 3 N–H and O–H groups in total. The molecular formula is C9H12F2N2O. The predicted molar refractivity (Wildman–Crippen MR) is 51.9 cm³/mol. The molecule has 0 amide bonds. The molecule has 0 aliphatic heterocycles. The number of halogens is 2. The Morgan fingerprint density at radius 1 is 1.50 bits per heavy atom. The van der Waals surface area contributed by atoms with E-state index in [4.69, 9.17) is 10.5 Å². The topological polar surface area (TPSA) is 47.3 Å². The van der Waals surface area contributed by atoms with Crippen LogP contribution < -0.4 is 15.8 Å². The van der Waals surface area contributed by atoms with Crippen LogP contribution in [0.25, 0.3) is 0 Å². The van der Waals surface area contributed by atoms with Crippen LogP contribution in [0.5, 0.6) is 5.75 Å². The molecule has 0 aliphatic rings. The van der Waals surface area contributed by atoms with Crippen LogP contribution >= 0.6 is 0 Å². The third kappa shape index (κ3) is 2.76. The van der Waals surface area contributed by atoms with Crippen LogP contribution in [0.2, 0.25) is 0 Å². The summed E-state index contributed by atoms with van der Waals surface area (Å²) in [5, 5.41) is 2.53. The van der Waals surface area contributed by atoms with Crippen LogP contribution in [0.3, 0.4) is 0 Å². The highest BCUT2D eigenvalue weighted by Gasteiger charge is 2.05. The Morgan fingerprint density at radius 2 is 2.21 bits per heavy atom. The molecule has 0 bridgehead atoms. The van der Waals surface area contributed by atoms with Crippen molar-refractivity contribution in [1.29, 1.82) is 0 Å². The van der Waals surface area contributed by atoms with E-state index in [0.717, 1.165) is 0 Å². The molecule has 1 aromatic carbocycles. The van der Waals surface area contributed by atoms with E-state index in [1.54, 1.807) is 18.2 Å². The molecule has 1 aromatic rings. The first-order valence-corrected chi connectivity index (χ1v) is 4.09. The van der Waals surface area contributed by atoms with Gasteiger partial charge in [-0.1, -0.05) is 0 Å². The Morgan fingerprint density at radius 3 is 2.79 bits per heavy atom. The summed E-state index contributed by atoms with van der Waals surface area (Å²) >= 11 is 0. The SMILES string of the molecule is COc1ccc(N)c(NCC(F)F)c1. The summed E-state index contributed by atoms with van der Waals surface area (Å²) in [7, 11) is 1.50. The lowest BCUT2D eigenvalue weighted by atomic mass is 10.2. The lowest BCUT2D eigenvalue weighted by Crippen LogP contribution is -2.11. The van der Waals surface area contributed by atoms with Crippen molar-refractivity contribution in [3.05, 3.63) is 18.2 Å². The zero-order valence-electron chi connectivity index (χ0n) is 7.76. The first-order chi connectivity index (χ1) is 6.63. The summed E-state index contributed by atoms with van der Waals surface area (Å²) in [6, 6.07) is 4.85. The van der Waals surface area contributed by atoms with Crippen molar-refractivity contribution in [2.24, 2.45) is 0 Å². The van der Waals surface area contributed by atoms with Gasteiger partial charge in [0.05, 0.1) is 25.0 Å². The minimum Gasteiger partial charge on any atom is -0.497 e. The number of rotatable bonds is 4. The fourth-order valence-electron chi connectivity index (χ4n) is 1.00. The minimum atomic E-state index is -2.40. The molecule has 1 rings (SSSR count). The highest BCUT2D eigenvalue weighted by atomic mass is 19.3. The number of nitrogen functional groups attached to an aromatic ring is 1. The molecule has 0 unspecified atom stereocenters. The fourth-order valence-corrected chi connectivity index (χ4v) is 1.00. The van der Waals surface area contributed by atoms with Gasteiger partial charge in [0, 0.05) is 6.07 Å². The summed E-state index contributed by atoms with van der Waals surface area (Å²) in [4.78, 5) is 0. The van der Waals surface area contributed by atoms with Crippen LogP contribution in [0.4, 0.5) is 20.2 Å². The first kappa shape index (κ1) is 10.6. The van der Waals surface area contributed by atoms with Crippen molar-refractivity contribution in [1.82, 2.24) is 0 Å². The van der Waals surface area contributed by atoms with Crippen molar-refractivity contribution >= 4 is 11.4 Å². The number of hydrogen-bond donors (Lipinski definition) is 2. The number of methoxy groups -OCH3 is 1. The number of nitrogens with two attached hydrogens (primary N) is 1. The van der Waals surface area contributed by atoms with Gasteiger partial charge in [-0.3, -0.25) is 0 Å². The van der Waals surface area contributed by atoms with E-state index in [9.17, 15) is 8.78 Å². The van der Waals surface area contributed by atoms with Gasteiger partial charge < -0.3 is 15.8 Å². The molecule has 0 radical (unpaired) electrons. The van der Waals surface area contributed by atoms with Gasteiger partial charge in [0.1, 0.15) is 5.75 Å². The first-order valence-electron chi connectivity index (χ1n) is 4.09.